The number of hydrogen-bond donors (Lipinski definition) is 1. The van der Waals surface area contributed by atoms with Gasteiger partial charge in [0.05, 0.1) is 35.8 Å². The van der Waals surface area contributed by atoms with Crippen molar-refractivity contribution in [1.29, 1.82) is 0 Å². The molecule has 2 saturated heterocycles. The second kappa shape index (κ2) is 10.6. The fourth-order valence-electron chi connectivity index (χ4n) is 5.44. The molecular weight excluding hydrogens is 554 g/mol. The van der Waals surface area contributed by atoms with Crippen LogP contribution in [0.15, 0.2) is 47.4 Å². The number of nitrogens with zero attached hydrogens (tertiary/aromatic N) is 2. The molecule has 3 aliphatic rings. The van der Waals surface area contributed by atoms with E-state index in [4.69, 9.17) is 21.1 Å². The number of rotatable bonds is 6. The highest BCUT2D eigenvalue weighted by Crippen LogP contribution is 2.50. The van der Waals surface area contributed by atoms with Gasteiger partial charge in [-0.15, -0.1) is 0 Å². The van der Waals surface area contributed by atoms with E-state index in [0.29, 0.717) is 56.3 Å². The zero-order chi connectivity index (χ0) is 28.0. The predicted molar refractivity (Wildman–Crippen MR) is 139 cm³/mol. The van der Waals surface area contributed by atoms with Crippen molar-refractivity contribution in [2.75, 3.05) is 26.3 Å². The lowest BCUT2D eigenvalue weighted by molar-refractivity contribution is -0.0776. The van der Waals surface area contributed by atoms with Gasteiger partial charge in [-0.2, -0.15) is 4.31 Å². The number of carbonyl (C=O) groups excluding carboxylic acids is 1. The van der Waals surface area contributed by atoms with Crippen molar-refractivity contribution < 1.29 is 36.6 Å². The standard InChI is InChI=1S/C27H31ClF2N2O6S/c1-2-26(34)9-11-31(12-10-26)25(33)38-27(7-8-27)24-17-37-16-23(18-13-20(29)15-21(30)14-18)32(24)39(35,36)22-5-3-19(28)4-6-22/h3-6,13-15,23-24,34H,2,7-12,16-17H2,1H3/t23-,24+/m0/s1. The summed E-state index contributed by atoms with van der Waals surface area (Å²) >= 11 is 5.99. The molecule has 1 N–H and O–H groups in total. The third kappa shape index (κ3) is 5.65. The Labute approximate surface area is 231 Å². The van der Waals surface area contributed by atoms with Crippen molar-refractivity contribution in [2.45, 2.75) is 67.2 Å². The maximum Gasteiger partial charge on any atom is 0.410 e. The largest absolute Gasteiger partial charge is 0.441 e. The summed E-state index contributed by atoms with van der Waals surface area (Å²) in [6, 6.07) is 6.48. The highest BCUT2D eigenvalue weighted by Gasteiger charge is 2.61. The molecule has 2 aliphatic heterocycles. The van der Waals surface area contributed by atoms with Crippen molar-refractivity contribution in [3.63, 3.8) is 0 Å². The highest BCUT2D eigenvalue weighted by atomic mass is 35.5. The first kappa shape index (κ1) is 28.2. The topological polar surface area (TPSA) is 96.4 Å². The third-order valence-electron chi connectivity index (χ3n) is 8.08. The summed E-state index contributed by atoms with van der Waals surface area (Å²) in [5.74, 6) is -1.69. The van der Waals surface area contributed by atoms with Gasteiger partial charge in [0.15, 0.2) is 0 Å². The van der Waals surface area contributed by atoms with E-state index in [9.17, 15) is 27.1 Å². The van der Waals surface area contributed by atoms with E-state index >= 15 is 0 Å². The molecule has 1 aliphatic carbocycles. The summed E-state index contributed by atoms with van der Waals surface area (Å²) in [5, 5.41) is 10.9. The Morgan fingerprint density at radius 3 is 2.26 bits per heavy atom. The zero-order valence-corrected chi connectivity index (χ0v) is 23.1. The van der Waals surface area contributed by atoms with Crippen molar-refractivity contribution in [3.8, 4) is 0 Å². The van der Waals surface area contributed by atoms with Gasteiger partial charge >= 0.3 is 6.09 Å². The Morgan fingerprint density at radius 1 is 1.08 bits per heavy atom. The van der Waals surface area contributed by atoms with Gasteiger partial charge in [-0.25, -0.2) is 22.0 Å². The molecule has 1 amide bonds. The lowest BCUT2D eigenvalue weighted by Gasteiger charge is -2.44. The van der Waals surface area contributed by atoms with E-state index < -0.39 is 51.0 Å². The van der Waals surface area contributed by atoms with E-state index in [1.807, 2.05) is 6.92 Å². The number of sulfonamides is 1. The van der Waals surface area contributed by atoms with Crippen LogP contribution in [0.4, 0.5) is 13.6 Å². The normalized spacial score (nSPS) is 24.8. The quantitative estimate of drug-likeness (QED) is 0.531. The average molecular weight is 585 g/mol. The molecule has 0 unspecified atom stereocenters. The van der Waals surface area contributed by atoms with Gasteiger partial charge in [-0.3, -0.25) is 0 Å². The Balaban J connectivity index is 1.48. The molecular formula is C27H31ClF2N2O6S. The maximum atomic E-state index is 14.2. The van der Waals surface area contributed by atoms with Gasteiger partial charge in [0, 0.05) is 24.2 Å². The summed E-state index contributed by atoms with van der Waals surface area (Å²) in [7, 11) is -4.26. The lowest BCUT2D eigenvalue weighted by Crippen LogP contribution is -2.58. The van der Waals surface area contributed by atoms with Crippen LogP contribution in [0.5, 0.6) is 0 Å². The average Bonchev–Trinajstić information content (AvgIpc) is 3.68. The monoisotopic (exact) mass is 584 g/mol. The first-order valence-electron chi connectivity index (χ1n) is 13.0. The maximum absolute atomic E-state index is 14.2. The number of ether oxygens (including phenoxy) is 2. The van der Waals surface area contributed by atoms with Crippen LogP contribution in [0.1, 0.15) is 50.6 Å². The van der Waals surface area contributed by atoms with Gasteiger partial charge in [-0.05, 0) is 74.1 Å². The fourth-order valence-corrected chi connectivity index (χ4v) is 7.39. The van der Waals surface area contributed by atoms with Crippen LogP contribution in [-0.4, -0.2) is 72.4 Å². The van der Waals surface area contributed by atoms with E-state index in [1.54, 1.807) is 0 Å². The van der Waals surface area contributed by atoms with E-state index in [2.05, 4.69) is 0 Å². The van der Waals surface area contributed by atoms with Gasteiger partial charge in [0.1, 0.15) is 17.2 Å². The van der Waals surface area contributed by atoms with Gasteiger partial charge in [0.2, 0.25) is 10.0 Å². The number of benzene rings is 2. The summed E-state index contributed by atoms with van der Waals surface area (Å²) in [6.07, 6.45) is 1.63. The molecule has 12 heteroatoms. The number of likely N-dealkylation sites (tertiary alicyclic amines) is 1. The molecule has 0 radical (unpaired) electrons. The molecule has 2 aromatic carbocycles. The summed E-state index contributed by atoms with van der Waals surface area (Å²) in [6.45, 7) is 2.33. The molecule has 0 spiro atoms. The summed E-state index contributed by atoms with van der Waals surface area (Å²) < 4.78 is 69.6. The summed E-state index contributed by atoms with van der Waals surface area (Å²) in [4.78, 5) is 14.7. The molecule has 8 nitrogen and oxygen atoms in total. The lowest BCUT2D eigenvalue weighted by atomic mass is 9.89. The molecule has 2 heterocycles. The molecule has 212 valence electrons. The Bertz CT molecular complexity index is 1310. The number of halogens is 3. The number of amides is 1. The molecule has 0 aromatic heterocycles. The Morgan fingerprint density at radius 2 is 1.69 bits per heavy atom. The molecule has 2 atom stereocenters. The van der Waals surface area contributed by atoms with Crippen molar-refractivity contribution in [3.05, 3.63) is 64.7 Å². The summed E-state index contributed by atoms with van der Waals surface area (Å²) in [5.41, 5.74) is -1.89. The van der Waals surface area contributed by atoms with Crippen LogP contribution < -0.4 is 0 Å². The number of morpholine rings is 1. The Hall–Kier alpha value is -2.31. The minimum absolute atomic E-state index is 0.0577. The third-order valence-corrected chi connectivity index (χ3v) is 10.3. The fraction of sp³-hybridized carbons (Fsp3) is 0.519. The van der Waals surface area contributed by atoms with Gasteiger partial charge < -0.3 is 19.5 Å². The van der Waals surface area contributed by atoms with Crippen LogP contribution in [0.2, 0.25) is 5.02 Å². The second-order valence-corrected chi connectivity index (χ2v) is 12.8. The van der Waals surface area contributed by atoms with E-state index in [0.717, 1.165) is 12.1 Å². The van der Waals surface area contributed by atoms with Crippen molar-refractivity contribution >= 4 is 27.7 Å². The molecule has 2 aromatic rings. The second-order valence-electron chi connectivity index (χ2n) is 10.6. The van der Waals surface area contributed by atoms with E-state index in [1.165, 1.54) is 33.5 Å². The minimum atomic E-state index is -4.26. The molecule has 3 fully saturated rings. The molecule has 5 rings (SSSR count). The van der Waals surface area contributed by atoms with Crippen LogP contribution >= 0.6 is 11.6 Å². The highest BCUT2D eigenvalue weighted by molar-refractivity contribution is 7.89. The minimum Gasteiger partial charge on any atom is -0.441 e. The molecule has 0 bridgehead atoms. The first-order valence-corrected chi connectivity index (χ1v) is 14.8. The number of aliphatic hydroxyl groups is 1. The number of hydrogen-bond acceptors (Lipinski definition) is 6. The van der Waals surface area contributed by atoms with Gasteiger partial charge in [0.25, 0.3) is 0 Å². The first-order chi connectivity index (χ1) is 18.5. The zero-order valence-electron chi connectivity index (χ0n) is 21.5. The number of carbonyl (C=O) groups is 1. The van der Waals surface area contributed by atoms with Crippen molar-refractivity contribution in [1.82, 2.24) is 9.21 Å². The SMILES string of the molecule is CCC1(O)CCN(C(=O)OC2([C@H]3COC[C@@H](c4cc(F)cc(F)c4)N3S(=O)(=O)c3ccc(Cl)cc3)CC2)CC1. The van der Waals surface area contributed by atoms with Crippen LogP contribution in [0, 0.1) is 11.6 Å². The van der Waals surface area contributed by atoms with Crippen LogP contribution in [-0.2, 0) is 19.5 Å². The predicted octanol–water partition coefficient (Wildman–Crippen LogP) is 4.66. The van der Waals surface area contributed by atoms with Gasteiger partial charge in [-0.1, -0.05) is 18.5 Å². The molecule has 1 saturated carbocycles. The van der Waals surface area contributed by atoms with Crippen molar-refractivity contribution in [2.24, 2.45) is 0 Å². The Kier molecular flexibility index (Phi) is 7.66. The smallest absolute Gasteiger partial charge is 0.410 e. The molecule has 39 heavy (non-hydrogen) atoms. The van der Waals surface area contributed by atoms with E-state index in [-0.39, 0.29) is 23.7 Å². The van der Waals surface area contributed by atoms with Crippen LogP contribution in [0.3, 0.4) is 0 Å². The van der Waals surface area contributed by atoms with Crippen LogP contribution in [0.25, 0.3) is 0 Å². The number of piperidine rings is 1.